The van der Waals surface area contributed by atoms with Crippen molar-refractivity contribution in [3.63, 3.8) is 0 Å². The maximum atomic E-state index is 12.9. The third kappa shape index (κ3) is 4.41. The molecular weight excluding hydrogens is 414 g/mol. The van der Waals surface area contributed by atoms with Crippen molar-refractivity contribution in [3.8, 4) is 0 Å². The number of nitrogens with one attached hydrogen (secondary N) is 1. The van der Waals surface area contributed by atoms with E-state index in [1.54, 1.807) is 7.05 Å². The quantitative estimate of drug-likeness (QED) is 0.485. The van der Waals surface area contributed by atoms with Crippen LogP contribution in [-0.4, -0.2) is 30.8 Å². The van der Waals surface area contributed by atoms with Crippen LogP contribution >= 0.6 is 11.8 Å². The summed E-state index contributed by atoms with van der Waals surface area (Å²) in [5, 5.41) is 3.57. The molecule has 0 aliphatic heterocycles. The van der Waals surface area contributed by atoms with Gasteiger partial charge in [0.2, 0.25) is 5.91 Å². The number of rotatable bonds is 5. The van der Waals surface area contributed by atoms with Crippen LogP contribution in [0.4, 0.5) is 5.69 Å². The highest BCUT2D eigenvalue weighted by atomic mass is 32.2. The molecule has 9 heteroatoms. The van der Waals surface area contributed by atoms with Gasteiger partial charge >= 0.3 is 5.69 Å². The number of aryl methyl sites for hydroxylation is 1. The van der Waals surface area contributed by atoms with Crippen LogP contribution in [0.1, 0.15) is 43.8 Å². The Hall–Kier alpha value is -2.94. The third-order valence-electron chi connectivity index (χ3n) is 5.65. The van der Waals surface area contributed by atoms with Crippen LogP contribution in [0.2, 0.25) is 0 Å². The molecule has 1 saturated carbocycles. The van der Waals surface area contributed by atoms with Crippen molar-refractivity contribution in [2.75, 3.05) is 11.1 Å². The van der Waals surface area contributed by atoms with Crippen molar-refractivity contribution >= 4 is 34.4 Å². The van der Waals surface area contributed by atoms with E-state index in [4.69, 9.17) is 4.98 Å². The standard InChI is InChI=1S/C22H25N5O3S/c1-26-19-17(21(29)27(2)22(26)30)20(25-18(24-19)14-9-5-3-6-10-14)31-13-16(28)23-15-11-7-4-8-12-15/h4,7-8,11-12,14H,3,5-6,9-10,13H2,1-2H3,(H,23,28). The molecular formula is C22H25N5O3S. The Bertz CT molecular complexity index is 1230. The van der Waals surface area contributed by atoms with Crippen LogP contribution < -0.4 is 16.6 Å². The van der Waals surface area contributed by atoms with Crippen molar-refractivity contribution in [1.82, 2.24) is 19.1 Å². The van der Waals surface area contributed by atoms with Crippen LogP contribution in [-0.2, 0) is 18.9 Å². The Labute approximate surface area is 183 Å². The molecule has 0 saturated heterocycles. The van der Waals surface area contributed by atoms with Gasteiger partial charge in [-0.3, -0.25) is 18.7 Å². The fourth-order valence-corrected chi connectivity index (χ4v) is 4.77. The summed E-state index contributed by atoms with van der Waals surface area (Å²) in [6.45, 7) is 0. The summed E-state index contributed by atoms with van der Waals surface area (Å²) < 4.78 is 2.44. The SMILES string of the molecule is Cn1c(=O)c2c(SCC(=O)Nc3ccccc3)nc(C3CCCCC3)nc2n(C)c1=O. The van der Waals surface area contributed by atoms with Gasteiger partial charge in [0.05, 0.1) is 5.75 Å². The smallest absolute Gasteiger partial charge is 0.325 e. The van der Waals surface area contributed by atoms with Crippen LogP contribution in [0.15, 0.2) is 44.9 Å². The summed E-state index contributed by atoms with van der Waals surface area (Å²) in [6, 6.07) is 9.21. The summed E-state index contributed by atoms with van der Waals surface area (Å²) >= 11 is 1.20. The molecule has 0 spiro atoms. The number of hydrogen-bond acceptors (Lipinski definition) is 6. The predicted octanol–water partition coefficient (Wildman–Crippen LogP) is 2.81. The molecule has 2 heterocycles. The van der Waals surface area contributed by atoms with Gasteiger partial charge in [0.1, 0.15) is 16.2 Å². The molecule has 4 rings (SSSR count). The Morgan fingerprint density at radius 3 is 2.48 bits per heavy atom. The monoisotopic (exact) mass is 439 g/mol. The van der Waals surface area contributed by atoms with E-state index in [1.807, 2.05) is 30.3 Å². The van der Waals surface area contributed by atoms with Crippen molar-refractivity contribution in [1.29, 1.82) is 0 Å². The molecule has 3 aromatic rings. The molecule has 1 aliphatic carbocycles. The van der Waals surface area contributed by atoms with Gasteiger partial charge in [-0.25, -0.2) is 14.8 Å². The van der Waals surface area contributed by atoms with Crippen LogP contribution in [0.3, 0.4) is 0 Å². The van der Waals surface area contributed by atoms with E-state index in [2.05, 4.69) is 10.3 Å². The highest BCUT2D eigenvalue weighted by molar-refractivity contribution is 8.00. The molecule has 31 heavy (non-hydrogen) atoms. The number of hydrogen-bond donors (Lipinski definition) is 1. The number of carbonyl (C=O) groups is 1. The lowest BCUT2D eigenvalue weighted by atomic mass is 9.89. The largest absolute Gasteiger partial charge is 0.332 e. The maximum absolute atomic E-state index is 12.9. The molecule has 0 radical (unpaired) electrons. The second kappa shape index (κ2) is 9.05. The third-order valence-corrected chi connectivity index (χ3v) is 6.63. The Balaban J connectivity index is 1.72. The van der Waals surface area contributed by atoms with Gasteiger partial charge in [-0.15, -0.1) is 0 Å². The fourth-order valence-electron chi connectivity index (χ4n) is 3.95. The normalized spacial score (nSPS) is 14.6. The highest BCUT2D eigenvalue weighted by Crippen LogP contribution is 2.33. The molecule has 1 fully saturated rings. The molecule has 0 atom stereocenters. The topological polar surface area (TPSA) is 98.9 Å². The molecule has 0 bridgehead atoms. The van der Waals surface area contributed by atoms with E-state index in [0.29, 0.717) is 22.2 Å². The Kier molecular flexibility index (Phi) is 6.22. The zero-order valence-corrected chi connectivity index (χ0v) is 18.4. The predicted molar refractivity (Wildman–Crippen MR) is 122 cm³/mol. The van der Waals surface area contributed by atoms with Gasteiger partial charge < -0.3 is 5.32 Å². The zero-order chi connectivity index (χ0) is 22.0. The fraction of sp³-hybridized carbons (Fsp3) is 0.409. The van der Waals surface area contributed by atoms with Gasteiger partial charge in [-0.1, -0.05) is 49.2 Å². The average Bonchev–Trinajstić information content (AvgIpc) is 2.80. The number of anilines is 1. The first-order valence-electron chi connectivity index (χ1n) is 10.4. The number of fused-ring (bicyclic) bond motifs is 1. The molecule has 162 valence electrons. The first-order chi connectivity index (χ1) is 15.0. The van der Waals surface area contributed by atoms with E-state index < -0.39 is 11.2 Å². The van der Waals surface area contributed by atoms with Crippen molar-refractivity contribution in [2.45, 2.75) is 43.0 Å². The van der Waals surface area contributed by atoms with E-state index in [0.717, 1.165) is 30.3 Å². The number of benzene rings is 1. The number of thioether (sulfide) groups is 1. The van der Waals surface area contributed by atoms with Gasteiger partial charge in [0.25, 0.3) is 5.56 Å². The molecule has 1 amide bonds. The van der Waals surface area contributed by atoms with Crippen LogP contribution in [0, 0.1) is 0 Å². The van der Waals surface area contributed by atoms with Crippen molar-refractivity contribution in [3.05, 3.63) is 57.0 Å². The van der Waals surface area contributed by atoms with Gasteiger partial charge in [0.15, 0.2) is 5.65 Å². The minimum absolute atomic E-state index is 0.0944. The maximum Gasteiger partial charge on any atom is 0.332 e. The second-order valence-electron chi connectivity index (χ2n) is 7.83. The van der Waals surface area contributed by atoms with E-state index >= 15 is 0 Å². The lowest BCUT2D eigenvalue weighted by Crippen LogP contribution is -2.38. The molecule has 1 N–H and O–H groups in total. The number of amides is 1. The van der Waals surface area contributed by atoms with Crippen molar-refractivity contribution < 1.29 is 4.79 Å². The Morgan fingerprint density at radius 1 is 1.06 bits per heavy atom. The Morgan fingerprint density at radius 2 is 1.77 bits per heavy atom. The van der Waals surface area contributed by atoms with E-state index in [-0.39, 0.29) is 23.0 Å². The average molecular weight is 440 g/mol. The summed E-state index contributed by atoms with van der Waals surface area (Å²) in [5.41, 5.74) is 0.166. The number of nitrogens with zero attached hydrogens (tertiary/aromatic N) is 4. The first kappa shape index (κ1) is 21.3. The lowest BCUT2D eigenvalue weighted by molar-refractivity contribution is -0.113. The van der Waals surface area contributed by atoms with Gasteiger partial charge in [-0.2, -0.15) is 0 Å². The van der Waals surface area contributed by atoms with Crippen molar-refractivity contribution in [2.24, 2.45) is 14.1 Å². The van der Waals surface area contributed by atoms with Gasteiger partial charge in [-0.05, 0) is 25.0 Å². The molecule has 1 aromatic carbocycles. The number of para-hydroxylation sites is 1. The van der Waals surface area contributed by atoms with Crippen LogP contribution in [0.25, 0.3) is 11.0 Å². The highest BCUT2D eigenvalue weighted by Gasteiger charge is 2.23. The minimum Gasteiger partial charge on any atom is -0.325 e. The molecule has 1 aliphatic rings. The molecule has 8 nitrogen and oxygen atoms in total. The summed E-state index contributed by atoms with van der Waals surface area (Å²) in [7, 11) is 3.05. The minimum atomic E-state index is -0.445. The van der Waals surface area contributed by atoms with E-state index in [1.165, 1.54) is 29.8 Å². The molecule has 2 aromatic heterocycles. The summed E-state index contributed by atoms with van der Waals surface area (Å²) in [6.07, 6.45) is 5.41. The summed E-state index contributed by atoms with van der Waals surface area (Å²) in [4.78, 5) is 47.2. The summed E-state index contributed by atoms with van der Waals surface area (Å²) in [5.74, 6) is 0.761. The van der Waals surface area contributed by atoms with Gasteiger partial charge in [0, 0.05) is 25.7 Å². The van der Waals surface area contributed by atoms with E-state index in [9.17, 15) is 14.4 Å². The number of carbonyl (C=O) groups excluding carboxylic acids is 1. The first-order valence-corrected chi connectivity index (χ1v) is 11.4. The van der Waals surface area contributed by atoms with Crippen LogP contribution in [0.5, 0.6) is 0 Å². The number of aromatic nitrogens is 4. The molecule has 0 unspecified atom stereocenters. The zero-order valence-electron chi connectivity index (χ0n) is 17.6. The second-order valence-corrected chi connectivity index (χ2v) is 8.79. The lowest BCUT2D eigenvalue weighted by Gasteiger charge is -2.21.